The molecular formula is C19H22Cl2F3N5O3S. The van der Waals surface area contributed by atoms with E-state index in [1.165, 1.54) is 6.26 Å². The predicted molar refractivity (Wildman–Crippen MR) is 120 cm³/mol. The van der Waals surface area contributed by atoms with Crippen LogP contribution in [0.1, 0.15) is 50.3 Å². The van der Waals surface area contributed by atoms with Gasteiger partial charge < -0.3 is 15.1 Å². The van der Waals surface area contributed by atoms with Crippen molar-refractivity contribution in [2.24, 2.45) is 0 Å². The molecule has 0 amide bonds. The van der Waals surface area contributed by atoms with Gasteiger partial charge in [0, 0.05) is 6.42 Å². The van der Waals surface area contributed by atoms with Crippen molar-refractivity contribution in [1.82, 2.24) is 15.3 Å². The van der Waals surface area contributed by atoms with E-state index in [1.807, 2.05) is 6.92 Å². The number of amidine groups is 1. The third-order valence-electron chi connectivity index (χ3n) is 4.46. The Morgan fingerprint density at radius 1 is 1.30 bits per heavy atom. The van der Waals surface area contributed by atoms with E-state index in [2.05, 4.69) is 10.6 Å². The molecule has 1 unspecified atom stereocenters. The summed E-state index contributed by atoms with van der Waals surface area (Å²) in [6.07, 6.45) is 0.190. The Morgan fingerprint density at radius 3 is 2.42 bits per heavy atom. The highest BCUT2D eigenvalue weighted by molar-refractivity contribution is 7.91. The molecule has 1 heterocycles. The van der Waals surface area contributed by atoms with E-state index < -0.39 is 44.8 Å². The molecule has 8 nitrogen and oxygen atoms in total. The molecule has 182 valence electrons. The molecule has 0 fully saturated rings. The van der Waals surface area contributed by atoms with Crippen molar-refractivity contribution >= 4 is 52.0 Å². The number of benzene rings is 1. The lowest BCUT2D eigenvalue weighted by atomic mass is 10.2. The molecule has 0 radical (unpaired) electrons. The molecule has 1 aromatic heterocycles. The molecule has 14 heteroatoms. The Balaban J connectivity index is 2.33. The molecule has 0 aliphatic carbocycles. The van der Waals surface area contributed by atoms with E-state index in [-0.39, 0.29) is 28.5 Å². The first-order valence-corrected chi connectivity index (χ1v) is 12.0. The molecule has 0 saturated carbocycles. The first kappa shape index (κ1) is 27.1. The molecule has 2 aromatic rings. The molecule has 1 aromatic carbocycles. The second-order valence-corrected chi connectivity index (χ2v) is 9.11. The van der Waals surface area contributed by atoms with Gasteiger partial charge >= 0.3 is 12.1 Å². The predicted octanol–water partition coefficient (Wildman–Crippen LogP) is 4.86. The number of aromatic nitrogens is 2. The quantitative estimate of drug-likeness (QED) is 0.148. The number of nitrogens with one attached hydrogen (secondary N) is 2. The number of nitrogens with zero attached hydrogens (tertiary/aromatic N) is 2. The number of carbonyl (C=O) groups excluding carboxylic acids is 1. The normalized spacial score (nSPS) is 12.5. The number of nitrogens with two attached hydrogens (primary N) is 1. The van der Waals surface area contributed by atoms with Crippen LogP contribution in [0, 0.1) is 5.41 Å². The van der Waals surface area contributed by atoms with Crippen LogP contribution in [0.3, 0.4) is 0 Å². The highest BCUT2D eigenvalue weighted by Crippen LogP contribution is 2.39. The number of nitrogen functional groups attached to an aromatic ring is 1. The summed E-state index contributed by atoms with van der Waals surface area (Å²) in [5, 5.41) is 11.3. The van der Waals surface area contributed by atoms with Gasteiger partial charge in [-0.05, 0) is 29.7 Å². The standard InChI is InChI=1S/C19H22Cl2F3N5O3S/c1-3-4-5-6-7-13(30)32-28-17(25)14-16(33(2)31)18(26)29(27-14)15-11(20)8-10(9-12(15)21)19(22,23)24/h8-9H,3-7,26H2,1-2H3,(H2,25,28). The van der Waals surface area contributed by atoms with Gasteiger partial charge in [0.25, 0.3) is 0 Å². The van der Waals surface area contributed by atoms with Crippen LogP contribution in [0.4, 0.5) is 19.0 Å². The van der Waals surface area contributed by atoms with Crippen LogP contribution in [0.25, 0.3) is 5.69 Å². The highest BCUT2D eigenvalue weighted by atomic mass is 35.5. The summed E-state index contributed by atoms with van der Waals surface area (Å²) in [4.78, 5) is 16.6. The maximum absolute atomic E-state index is 13.0. The number of hydroxylamine groups is 1. The maximum Gasteiger partial charge on any atom is 0.416 e. The summed E-state index contributed by atoms with van der Waals surface area (Å²) >= 11 is 10.3. The van der Waals surface area contributed by atoms with Gasteiger partial charge in [0.15, 0.2) is 17.3 Å². The van der Waals surface area contributed by atoms with Gasteiger partial charge in [-0.2, -0.15) is 23.8 Å². The minimum absolute atomic E-state index is 0.112. The van der Waals surface area contributed by atoms with Gasteiger partial charge in [-0.25, -0.2) is 9.48 Å². The summed E-state index contributed by atoms with van der Waals surface area (Å²) < 4.78 is 52.2. The van der Waals surface area contributed by atoms with Crippen molar-refractivity contribution in [3.63, 3.8) is 0 Å². The second-order valence-electron chi connectivity index (χ2n) is 6.98. The van der Waals surface area contributed by atoms with Crippen LogP contribution in [0.5, 0.6) is 0 Å². The highest BCUT2D eigenvalue weighted by Gasteiger charge is 2.34. The zero-order chi connectivity index (χ0) is 24.9. The molecule has 4 N–H and O–H groups in total. The maximum atomic E-state index is 13.0. The van der Waals surface area contributed by atoms with Crippen molar-refractivity contribution in [3.8, 4) is 5.69 Å². The molecular weight excluding hydrogens is 506 g/mol. The van der Waals surface area contributed by atoms with Crippen LogP contribution in [0.2, 0.25) is 10.0 Å². The molecule has 0 saturated heterocycles. The average Bonchev–Trinajstić information content (AvgIpc) is 3.05. The Hall–Kier alpha value is -2.15. The lowest BCUT2D eigenvalue weighted by Gasteiger charge is -2.13. The first-order valence-electron chi connectivity index (χ1n) is 9.71. The third kappa shape index (κ3) is 6.69. The zero-order valence-corrected chi connectivity index (χ0v) is 20.0. The number of alkyl halides is 3. The van der Waals surface area contributed by atoms with E-state index in [4.69, 9.17) is 39.2 Å². The summed E-state index contributed by atoms with van der Waals surface area (Å²) in [6, 6.07) is 1.30. The Morgan fingerprint density at radius 2 is 1.91 bits per heavy atom. The van der Waals surface area contributed by atoms with E-state index >= 15 is 0 Å². The van der Waals surface area contributed by atoms with E-state index in [1.54, 1.807) is 0 Å². The van der Waals surface area contributed by atoms with Crippen LogP contribution in [0.15, 0.2) is 17.0 Å². The smallest absolute Gasteiger partial charge is 0.416 e. The summed E-state index contributed by atoms with van der Waals surface area (Å²) in [6.45, 7) is 2.03. The van der Waals surface area contributed by atoms with Crippen molar-refractivity contribution < 1.29 is 27.4 Å². The monoisotopic (exact) mass is 527 g/mol. The number of unbranched alkanes of at least 4 members (excludes halogenated alkanes) is 3. The minimum atomic E-state index is -4.69. The van der Waals surface area contributed by atoms with Crippen molar-refractivity contribution in [2.45, 2.75) is 50.1 Å². The third-order valence-corrected chi connectivity index (χ3v) is 6.01. The number of anilines is 1. The number of rotatable bonds is 8. The van der Waals surface area contributed by atoms with Crippen LogP contribution >= 0.6 is 23.2 Å². The summed E-state index contributed by atoms with van der Waals surface area (Å²) in [7, 11) is 0. The molecule has 0 bridgehead atoms. The Kier molecular flexibility index (Phi) is 9.29. The van der Waals surface area contributed by atoms with E-state index in [0.29, 0.717) is 18.6 Å². The number of hydrogen-bond acceptors (Lipinski definition) is 6. The van der Waals surface area contributed by atoms with Crippen LogP contribution < -0.4 is 11.2 Å². The number of carbonyl (C=O) groups is 1. The first-order chi connectivity index (χ1) is 15.4. The van der Waals surface area contributed by atoms with Gasteiger partial charge in [-0.3, -0.25) is 5.41 Å². The molecule has 0 aliphatic heterocycles. The van der Waals surface area contributed by atoms with Gasteiger partial charge in [0.2, 0.25) is 4.90 Å². The van der Waals surface area contributed by atoms with Gasteiger partial charge in [-0.15, -0.1) is 0 Å². The fraction of sp³-hybridized carbons (Fsp3) is 0.421. The lowest BCUT2D eigenvalue weighted by Crippen LogP contribution is -2.28. The van der Waals surface area contributed by atoms with Gasteiger partial charge in [0.05, 0.1) is 15.6 Å². The summed E-state index contributed by atoms with van der Waals surface area (Å²) in [5.74, 6) is -1.39. The molecule has 33 heavy (non-hydrogen) atoms. The van der Waals surface area contributed by atoms with E-state index in [0.717, 1.165) is 23.9 Å². The van der Waals surface area contributed by atoms with Gasteiger partial charge in [0.1, 0.15) is 11.9 Å². The number of hydrogen-bond donors (Lipinski definition) is 3. The molecule has 2 rings (SSSR count). The molecule has 1 atom stereocenters. The van der Waals surface area contributed by atoms with Crippen LogP contribution in [-0.2, 0) is 27.0 Å². The Labute approximate surface area is 201 Å². The topological polar surface area (TPSA) is 129 Å². The Bertz CT molecular complexity index is 1010. The van der Waals surface area contributed by atoms with Gasteiger partial charge in [-0.1, -0.05) is 49.4 Å². The van der Waals surface area contributed by atoms with Crippen LogP contribution in [-0.4, -0.2) is 32.4 Å². The number of halogens is 5. The van der Waals surface area contributed by atoms with Crippen molar-refractivity contribution in [3.05, 3.63) is 33.4 Å². The zero-order valence-electron chi connectivity index (χ0n) is 17.7. The fourth-order valence-electron chi connectivity index (χ4n) is 2.87. The second kappa shape index (κ2) is 11.3. The largest absolute Gasteiger partial charge is 0.611 e. The summed E-state index contributed by atoms with van der Waals surface area (Å²) in [5.41, 5.74) is 6.64. The van der Waals surface area contributed by atoms with Crippen molar-refractivity contribution in [2.75, 3.05) is 12.0 Å². The average molecular weight is 528 g/mol. The molecule has 0 spiro atoms. The SMILES string of the molecule is CCCCCCC(=O)ONC(=N)c1nn(-c2c(Cl)cc(C(F)(F)F)cc2Cl)c(N)c1[S+](C)[O-]. The fourth-order valence-corrected chi connectivity index (χ4v) is 4.31. The lowest BCUT2D eigenvalue weighted by molar-refractivity contribution is -0.148. The minimum Gasteiger partial charge on any atom is -0.611 e. The molecule has 0 aliphatic rings. The van der Waals surface area contributed by atoms with Crippen molar-refractivity contribution in [1.29, 1.82) is 5.41 Å². The van der Waals surface area contributed by atoms with E-state index in [9.17, 15) is 22.5 Å².